The fourth-order valence-corrected chi connectivity index (χ4v) is 3.03. The first-order valence-corrected chi connectivity index (χ1v) is 8.32. The molecule has 0 saturated carbocycles. The molecule has 0 saturated heterocycles. The third-order valence-electron chi connectivity index (χ3n) is 3.25. The van der Waals surface area contributed by atoms with Crippen molar-refractivity contribution in [2.24, 2.45) is 0 Å². The van der Waals surface area contributed by atoms with E-state index < -0.39 is 37.1 Å². The largest absolute Gasteiger partial charge is 0.484 e. The van der Waals surface area contributed by atoms with Crippen LogP contribution in [0.3, 0.4) is 0 Å². The molecule has 13 heteroatoms. The van der Waals surface area contributed by atoms with Crippen molar-refractivity contribution in [2.75, 3.05) is 11.9 Å². The standard InChI is InChI=1S/C15H10F6N4O2S/c16-14(17,18)7-27-8-1-2-9-10(5-8)28-13(22-9)23-12(26)6-25-4-3-11(24-25)15(19,20)21/h1-5H,6-7H2,(H,22,23,26). The number of hydrogen-bond acceptors (Lipinski definition) is 5. The summed E-state index contributed by atoms with van der Waals surface area (Å²) in [6.45, 7) is -1.91. The van der Waals surface area contributed by atoms with Crippen molar-refractivity contribution >= 4 is 32.6 Å². The number of carbonyl (C=O) groups is 1. The Morgan fingerprint density at radius 1 is 1.18 bits per heavy atom. The zero-order chi connectivity index (χ0) is 20.5. The highest BCUT2D eigenvalue weighted by atomic mass is 32.1. The lowest BCUT2D eigenvalue weighted by atomic mass is 10.3. The van der Waals surface area contributed by atoms with Gasteiger partial charge in [-0.3, -0.25) is 9.48 Å². The Morgan fingerprint density at radius 2 is 1.93 bits per heavy atom. The van der Waals surface area contributed by atoms with E-state index in [4.69, 9.17) is 0 Å². The number of nitrogens with one attached hydrogen (secondary N) is 1. The zero-order valence-corrected chi connectivity index (χ0v) is 14.5. The summed E-state index contributed by atoms with van der Waals surface area (Å²) in [5, 5.41) is 5.81. The number of anilines is 1. The second-order valence-corrected chi connectivity index (χ2v) is 6.53. The van der Waals surface area contributed by atoms with Gasteiger partial charge in [0.05, 0.1) is 10.2 Å². The summed E-state index contributed by atoms with van der Waals surface area (Å²) in [5.41, 5.74) is -0.704. The average molecular weight is 424 g/mol. The highest BCUT2D eigenvalue weighted by Gasteiger charge is 2.33. The fraction of sp³-hybridized carbons (Fsp3) is 0.267. The molecule has 0 radical (unpaired) electrons. The third-order valence-corrected chi connectivity index (χ3v) is 4.18. The highest BCUT2D eigenvalue weighted by Crippen LogP contribution is 2.30. The van der Waals surface area contributed by atoms with E-state index in [0.29, 0.717) is 10.2 Å². The first-order valence-electron chi connectivity index (χ1n) is 7.50. The summed E-state index contributed by atoms with van der Waals surface area (Å²) in [7, 11) is 0. The molecule has 0 aliphatic heterocycles. The van der Waals surface area contributed by atoms with Gasteiger partial charge in [-0.1, -0.05) is 11.3 Å². The minimum atomic E-state index is -4.61. The second-order valence-electron chi connectivity index (χ2n) is 5.50. The monoisotopic (exact) mass is 424 g/mol. The van der Waals surface area contributed by atoms with E-state index in [9.17, 15) is 31.1 Å². The van der Waals surface area contributed by atoms with Gasteiger partial charge in [-0.15, -0.1) is 0 Å². The summed E-state index contributed by atoms with van der Waals surface area (Å²) in [6.07, 6.45) is -8.06. The number of halogens is 6. The molecule has 1 aromatic carbocycles. The van der Waals surface area contributed by atoms with Gasteiger partial charge in [-0.25, -0.2) is 4.98 Å². The van der Waals surface area contributed by atoms with E-state index in [2.05, 4.69) is 20.1 Å². The number of alkyl halides is 6. The van der Waals surface area contributed by atoms with Gasteiger partial charge in [0.1, 0.15) is 12.3 Å². The van der Waals surface area contributed by atoms with Gasteiger partial charge >= 0.3 is 12.4 Å². The predicted octanol–water partition coefficient (Wildman–Crippen LogP) is 4.09. The lowest BCUT2D eigenvalue weighted by molar-refractivity contribution is -0.153. The molecule has 0 spiro atoms. The molecular weight excluding hydrogens is 414 g/mol. The van der Waals surface area contributed by atoms with E-state index in [1.165, 1.54) is 18.2 Å². The Hall–Kier alpha value is -2.83. The van der Waals surface area contributed by atoms with Gasteiger partial charge in [0.2, 0.25) is 5.91 Å². The van der Waals surface area contributed by atoms with Crippen LogP contribution in [-0.4, -0.2) is 33.5 Å². The first-order chi connectivity index (χ1) is 13.0. The molecule has 2 aromatic heterocycles. The SMILES string of the molecule is O=C(Cn1ccc(C(F)(F)F)n1)Nc1nc2ccc(OCC(F)(F)F)cc2s1. The van der Waals surface area contributed by atoms with Gasteiger partial charge in [-0.2, -0.15) is 31.4 Å². The van der Waals surface area contributed by atoms with Crippen LogP contribution >= 0.6 is 11.3 Å². The van der Waals surface area contributed by atoms with Crippen LogP contribution in [0.25, 0.3) is 10.2 Å². The molecule has 3 rings (SSSR count). The lowest BCUT2D eigenvalue weighted by Gasteiger charge is -2.08. The van der Waals surface area contributed by atoms with Crippen molar-refractivity contribution in [3.05, 3.63) is 36.2 Å². The maximum atomic E-state index is 12.5. The van der Waals surface area contributed by atoms with Crippen LogP contribution in [0.5, 0.6) is 5.75 Å². The number of aromatic nitrogens is 3. The second kappa shape index (κ2) is 7.30. The maximum absolute atomic E-state index is 12.5. The predicted molar refractivity (Wildman–Crippen MR) is 87.0 cm³/mol. The van der Waals surface area contributed by atoms with Crippen LogP contribution in [-0.2, 0) is 17.5 Å². The summed E-state index contributed by atoms with van der Waals surface area (Å²) in [5.74, 6) is -0.674. The Balaban J connectivity index is 1.65. The number of benzene rings is 1. The van der Waals surface area contributed by atoms with Crippen molar-refractivity contribution in [1.82, 2.24) is 14.8 Å². The number of fused-ring (bicyclic) bond motifs is 1. The van der Waals surface area contributed by atoms with Crippen molar-refractivity contribution < 1.29 is 35.9 Å². The van der Waals surface area contributed by atoms with Crippen LogP contribution in [0.2, 0.25) is 0 Å². The van der Waals surface area contributed by atoms with Crippen molar-refractivity contribution in [1.29, 1.82) is 0 Å². The van der Waals surface area contributed by atoms with Gasteiger partial charge in [-0.05, 0) is 24.3 Å². The lowest BCUT2D eigenvalue weighted by Crippen LogP contribution is -2.19. The minimum Gasteiger partial charge on any atom is -0.484 e. The molecule has 0 fully saturated rings. The molecule has 2 heterocycles. The molecule has 28 heavy (non-hydrogen) atoms. The number of ether oxygens (including phenoxy) is 1. The molecule has 3 aromatic rings. The van der Waals surface area contributed by atoms with Crippen molar-refractivity contribution in [3.8, 4) is 5.75 Å². The molecule has 0 aliphatic carbocycles. The Labute approximate surface area is 156 Å². The van der Waals surface area contributed by atoms with Crippen LogP contribution in [0, 0.1) is 0 Å². The Kier molecular flexibility index (Phi) is 5.19. The Morgan fingerprint density at radius 3 is 2.57 bits per heavy atom. The summed E-state index contributed by atoms with van der Waals surface area (Å²) in [6, 6.07) is 4.82. The van der Waals surface area contributed by atoms with Gasteiger partial charge < -0.3 is 10.1 Å². The molecular formula is C15H10F6N4O2S. The van der Waals surface area contributed by atoms with Crippen molar-refractivity contribution in [2.45, 2.75) is 18.9 Å². The van der Waals surface area contributed by atoms with E-state index in [1.54, 1.807) is 0 Å². The summed E-state index contributed by atoms with van der Waals surface area (Å²) >= 11 is 0.979. The summed E-state index contributed by atoms with van der Waals surface area (Å²) in [4.78, 5) is 16.0. The van der Waals surface area contributed by atoms with E-state index in [0.717, 1.165) is 28.3 Å². The number of thiazole rings is 1. The number of carbonyl (C=O) groups excluding carboxylic acids is 1. The molecule has 1 amide bonds. The van der Waals surface area contributed by atoms with E-state index in [1.807, 2.05) is 0 Å². The topological polar surface area (TPSA) is 69.0 Å². The third kappa shape index (κ3) is 5.12. The zero-order valence-electron chi connectivity index (χ0n) is 13.6. The molecule has 0 atom stereocenters. The Bertz CT molecular complexity index is 994. The van der Waals surface area contributed by atoms with Gasteiger partial charge in [0.15, 0.2) is 17.4 Å². The fourth-order valence-electron chi connectivity index (χ4n) is 2.12. The molecule has 0 aliphatic rings. The number of amides is 1. The van der Waals surface area contributed by atoms with Gasteiger partial charge in [0.25, 0.3) is 0 Å². The van der Waals surface area contributed by atoms with Crippen LogP contribution in [0.1, 0.15) is 5.69 Å². The summed E-state index contributed by atoms with van der Waals surface area (Å²) < 4.78 is 80.0. The van der Waals surface area contributed by atoms with Gasteiger partial charge in [0, 0.05) is 6.20 Å². The quantitative estimate of drug-likeness (QED) is 0.627. The molecule has 150 valence electrons. The minimum absolute atomic E-state index is 0.0115. The molecule has 6 nitrogen and oxygen atoms in total. The van der Waals surface area contributed by atoms with Crippen LogP contribution < -0.4 is 10.1 Å². The maximum Gasteiger partial charge on any atom is 0.435 e. The smallest absolute Gasteiger partial charge is 0.435 e. The number of rotatable bonds is 5. The number of hydrogen-bond donors (Lipinski definition) is 1. The van der Waals surface area contributed by atoms with Crippen LogP contribution in [0.4, 0.5) is 31.5 Å². The van der Waals surface area contributed by atoms with Crippen molar-refractivity contribution in [3.63, 3.8) is 0 Å². The first kappa shape index (κ1) is 19.9. The van der Waals surface area contributed by atoms with E-state index in [-0.39, 0.29) is 10.9 Å². The number of nitrogens with zero attached hydrogens (tertiary/aromatic N) is 3. The average Bonchev–Trinajstić information content (AvgIpc) is 3.17. The normalized spacial score (nSPS) is 12.4. The van der Waals surface area contributed by atoms with E-state index >= 15 is 0 Å². The molecule has 1 N–H and O–H groups in total. The van der Waals surface area contributed by atoms with Crippen LogP contribution in [0.15, 0.2) is 30.5 Å². The molecule has 0 unspecified atom stereocenters. The molecule has 0 bridgehead atoms. The highest BCUT2D eigenvalue weighted by molar-refractivity contribution is 7.22.